The van der Waals surface area contributed by atoms with Gasteiger partial charge in [-0.3, -0.25) is 0 Å². The lowest BCUT2D eigenvalue weighted by molar-refractivity contribution is -0.137. The summed E-state index contributed by atoms with van der Waals surface area (Å²) in [6, 6.07) is 2.33. The van der Waals surface area contributed by atoms with Gasteiger partial charge in [0, 0.05) is 12.2 Å². The number of nitrogens with one attached hydrogen (secondary N) is 1. The smallest absolute Gasteiger partial charge is 0.367 e. The molecule has 1 N–H and O–H groups in total. The van der Waals surface area contributed by atoms with Gasteiger partial charge in [-0.25, -0.2) is 4.98 Å². The highest BCUT2D eigenvalue weighted by Gasteiger charge is 2.36. The zero-order chi connectivity index (χ0) is 11.8. The van der Waals surface area contributed by atoms with Crippen LogP contribution < -0.4 is 5.32 Å². The third-order valence-electron chi connectivity index (χ3n) is 2.87. The molecule has 0 saturated heterocycles. The molecule has 1 heterocycles. The first-order chi connectivity index (χ1) is 7.50. The van der Waals surface area contributed by atoms with Crippen molar-refractivity contribution in [3.05, 3.63) is 23.9 Å². The number of halogens is 3. The highest BCUT2D eigenvalue weighted by molar-refractivity contribution is 5.41. The van der Waals surface area contributed by atoms with Crippen LogP contribution in [0.1, 0.15) is 25.3 Å². The molecule has 2 unspecified atom stereocenters. The maximum atomic E-state index is 12.4. The lowest BCUT2D eigenvalue weighted by Gasteiger charge is -2.09. The van der Waals surface area contributed by atoms with E-state index in [0.29, 0.717) is 17.8 Å². The van der Waals surface area contributed by atoms with E-state index in [9.17, 15) is 13.2 Å². The second-order valence-electron chi connectivity index (χ2n) is 4.08. The molecule has 5 heteroatoms. The fourth-order valence-electron chi connectivity index (χ4n) is 1.75. The number of pyridine rings is 1. The number of hydrogen-bond donors (Lipinski definition) is 1. The van der Waals surface area contributed by atoms with Crippen molar-refractivity contribution in [3.63, 3.8) is 0 Å². The van der Waals surface area contributed by atoms with E-state index in [2.05, 4.69) is 17.2 Å². The van der Waals surface area contributed by atoms with Gasteiger partial charge in [0.05, 0.1) is 5.56 Å². The van der Waals surface area contributed by atoms with Gasteiger partial charge in [-0.15, -0.1) is 0 Å². The van der Waals surface area contributed by atoms with E-state index in [1.165, 1.54) is 6.20 Å². The summed E-state index contributed by atoms with van der Waals surface area (Å²) >= 11 is 0. The molecular formula is C11H13F3N2. The van der Waals surface area contributed by atoms with Crippen LogP contribution in [-0.4, -0.2) is 11.0 Å². The van der Waals surface area contributed by atoms with Crippen LogP contribution in [0, 0.1) is 5.92 Å². The van der Waals surface area contributed by atoms with Crippen molar-refractivity contribution in [1.82, 2.24) is 4.98 Å². The Bertz CT molecular complexity index is 376. The van der Waals surface area contributed by atoms with Crippen LogP contribution >= 0.6 is 0 Å². The average molecular weight is 230 g/mol. The first-order valence-electron chi connectivity index (χ1n) is 5.30. The van der Waals surface area contributed by atoms with E-state index in [-0.39, 0.29) is 0 Å². The molecule has 0 aromatic carbocycles. The van der Waals surface area contributed by atoms with Crippen LogP contribution in [0.3, 0.4) is 0 Å². The molecule has 2 rings (SSSR count). The summed E-state index contributed by atoms with van der Waals surface area (Å²) in [6.45, 7) is 2.08. The minimum atomic E-state index is -4.30. The molecular weight excluding hydrogens is 217 g/mol. The quantitative estimate of drug-likeness (QED) is 0.861. The molecule has 0 radical (unpaired) electrons. The van der Waals surface area contributed by atoms with Crippen molar-refractivity contribution >= 4 is 5.82 Å². The largest absolute Gasteiger partial charge is 0.416 e. The van der Waals surface area contributed by atoms with Gasteiger partial charge in [0.25, 0.3) is 0 Å². The molecule has 88 valence electrons. The summed E-state index contributed by atoms with van der Waals surface area (Å²) in [7, 11) is 0. The standard InChI is InChI=1S/C11H13F3N2/c1-2-7-5-9(7)16-10-6-8(3-4-15-10)11(12,13)14/h3-4,6-7,9H,2,5H2,1H3,(H,15,16). The molecule has 16 heavy (non-hydrogen) atoms. The Hall–Kier alpha value is -1.26. The van der Waals surface area contributed by atoms with E-state index in [1.54, 1.807) is 0 Å². The molecule has 0 amide bonds. The van der Waals surface area contributed by atoms with E-state index in [1.807, 2.05) is 0 Å². The van der Waals surface area contributed by atoms with Crippen molar-refractivity contribution in [2.45, 2.75) is 32.0 Å². The molecule has 1 fully saturated rings. The van der Waals surface area contributed by atoms with Crippen LogP contribution in [0.15, 0.2) is 18.3 Å². The zero-order valence-electron chi connectivity index (χ0n) is 8.88. The van der Waals surface area contributed by atoms with Crippen molar-refractivity contribution in [2.24, 2.45) is 5.92 Å². The Morgan fingerprint density at radius 2 is 2.25 bits per heavy atom. The summed E-state index contributed by atoms with van der Waals surface area (Å²) in [5, 5.41) is 3.02. The number of hydrogen-bond acceptors (Lipinski definition) is 2. The fourth-order valence-corrected chi connectivity index (χ4v) is 1.75. The number of alkyl halides is 3. The zero-order valence-corrected chi connectivity index (χ0v) is 8.88. The minimum absolute atomic E-state index is 0.293. The van der Waals surface area contributed by atoms with Gasteiger partial charge in [-0.2, -0.15) is 13.2 Å². The van der Waals surface area contributed by atoms with Gasteiger partial charge in [0.15, 0.2) is 0 Å². The summed E-state index contributed by atoms with van der Waals surface area (Å²) < 4.78 is 37.2. The summed E-state index contributed by atoms with van der Waals surface area (Å²) in [6.07, 6.45) is -1.04. The van der Waals surface area contributed by atoms with Gasteiger partial charge in [-0.05, 0) is 24.5 Å². The maximum Gasteiger partial charge on any atom is 0.416 e. The monoisotopic (exact) mass is 230 g/mol. The first kappa shape index (κ1) is 11.2. The molecule has 0 spiro atoms. The van der Waals surface area contributed by atoms with E-state index < -0.39 is 11.7 Å². The molecule has 0 aliphatic heterocycles. The van der Waals surface area contributed by atoms with Gasteiger partial charge in [0.2, 0.25) is 0 Å². The molecule has 2 atom stereocenters. The normalized spacial score (nSPS) is 24.2. The molecule has 2 nitrogen and oxygen atoms in total. The van der Waals surface area contributed by atoms with Gasteiger partial charge < -0.3 is 5.32 Å². The van der Waals surface area contributed by atoms with Crippen LogP contribution in [0.2, 0.25) is 0 Å². The lowest BCUT2D eigenvalue weighted by atomic mass is 10.2. The Morgan fingerprint density at radius 1 is 1.50 bits per heavy atom. The third kappa shape index (κ3) is 2.46. The predicted octanol–water partition coefficient (Wildman–Crippen LogP) is 3.31. The van der Waals surface area contributed by atoms with Crippen molar-refractivity contribution in [2.75, 3.05) is 5.32 Å². The Labute approximate surface area is 91.9 Å². The Kier molecular flexibility index (Phi) is 2.78. The molecule has 1 saturated carbocycles. The van der Waals surface area contributed by atoms with Crippen LogP contribution in [-0.2, 0) is 6.18 Å². The number of nitrogens with zero attached hydrogens (tertiary/aromatic N) is 1. The highest BCUT2D eigenvalue weighted by atomic mass is 19.4. The molecule has 1 aliphatic rings. The minimum Gasteiger partial charge on any atom is -0.367 e. The maximum absolute atomic E-state index is 12.4. The summed E-state index contributed by atoms with van der Waals surface area (Å²) in [5.74, 6) is 0.895. The van der Waals surface area contributed by atoms with E-state index in [0.717, 1.165) is 25.0 Å². The topological polar surface area (TPSA) is 24.9 Å². The summed E-state index contributed by atoms with van der Waals surface area (Å²) in [4.78, 5) is 3.89. The SMILES string of the molecule is CCC1CC1Nc1cc(C(F)(F)F)ccn1. The van der Waals surface area contributed by atoms with E-state index in [4.69, 9.17) is 0 Å². The van der Waals surface area contributed by atoms with Gasteiger partial charge in [0.1, 0.15) is 5.82 Å². The first-order valence-corrected chi connectivity index (χ1v) is 5.30. The third-order valence-corrected chi connectivity index (χ3v) is 2.87. The van der Waals surface area contributed by atoms with Crippen molar-refractivity contribution in [1.29, 1.82) is 0 Å². The molecule has 1 aliphatic carbocycles. The van der Waals surface area contributed by atoms with Crippen LogP contribution in [0.5, 0.6) is 0 Å². The fraction of sp³-hybridized carbons (Fsp3) is 0.545. The second-order valence-corrected chi connectivity index (χ2v) is 4.08. The molecule has 1 aromatic rings. The van der Waals surface area contributed by atoms with Gasteiger partial charge in [-0.1, -0.05) is 13.3 Å². The van der Waals surface area contributed by atoms with Gasteiger partial charge >= 0.3 is 6.18 Å². The average Bonchev–Trinajstić information content (AvgIpc) is 2.95. The summed E-state index contributed by atoms with van der Waals surface area (Å²) in [5.41, 5.74) is -0.654. The van der Waals surface area contributed by atoms with Crippen LogP contribution in [0.25, 0.3) is 0 Å². The van der Waals surface area contributed by atoms with E-state index >= 15 is 0 Å². The second kappa shape index (κ2) is 3.96. The number of aromatic nitrogens is 1. The Morgan fingerprint density at radius 3 is 2.81 bits per heavy atom. The predicted molar refractivity (Wildman–Crippen MR) is 55.0 cm³/mol. The molecule has 0 bridgehead atoms. The molecule has 1 aromatic heterocycles. The van der Waals surface area contributed by atoms with Crippen molar-refractivity contribution in [3.8, 4) is 0 Å². The van der Waals surface area contributed by atoms with Crippen molar-refractivity contribution < 1.29 is 13.2 Å². The Balaban J connectivity index is 2.06. The number of rotatable bonds is 3. The number of anilines is 1. The highest BCUT2D eigenvalue weighted by Crippen LogP contribution is 2.36. The lowest BCUT2D eigenvalue weighted by Crippen LogP contribution is -2.09. The van der Waals surface area contributed by atoms with Crippen LogP contribution in [0.4, 0.5) is 19.0 Å².